The number of thiazole rings is 1. The summed E-state index contributed by atoms with van der Waals surface area (Å²) in [6, 6.07) is 6.92. The van der Waals surface area contributed by atoms with Gasteiger partial charge in [-0.25, -0.2) is 18.1 Å². The van der Waals surface area contributed by atoms with Crippen molar-refractivity contribution in [2.75, 3.05) is 17.6 Å². The van der Waals surface area contributed by atoms with Crippen molar-refractivity contribution in [1.82, 2.24) is 9.71 Å². The highest BCUT2D eigenvalue weighted by Gasteiger charge is 2.23. The molecule has 5 nitrogen and oxygen atoms in total. The molecule has 1 saturated carbocycles. The second-order valence-corrected chi connectivity index (χ2v) is 9.91. The first-order chi connectivity index (χ1) is 12.0. The average molecular weight is 382 g/mol. The molecule has 0 aliphatic heterocycles. The van der Waals surface area contributed by atoms with E-state index in [1.807, 2.05) is 0 Å². The molecule has 1 fully saturated rings. The third-order valence-electron chi connectivity index (χ3n) is 5.01. The summed E-state index contributed by atoms with van der Waals surface area (Å²) >= 11 is 1.72. The number of fused-ring (bicyclic) bond motifs is 1. The van der Waals surface area contributed by atoms with Gasteiger partial charge in [-0.05, 0) is 62.6 Å². The molecule has 1 aliphatic rings. The lowest BCUT2D eigenvalue weighted by Crippen LogP contribution is -2.34. The summed E-state index contributed by atoms with van der Waals surface area (Å²) in [5, 5.41) is 4.58. The van der Waals surface area contributed by atoms with Crippen molar-refractivity contribution in [2.45, 2.75) is 52.0 Å². The number of nitrogens with one attached hydrogen (secondary N) is 2. The molecular formula is C18H27N3O2S2. The number of nitrogens with zero attached hydrogens (tertiary/aromatic N) is 1. The van der Waals surface area contributed by atoms with E-state index >= 15 is 0 Å². The van der Waals surface area contributed by atoms with Crippen LogP contribution < -0.4 is 10.0 Å². The van der Waals surface area contributed by atoms with Crippen molar-refractivity contribution < 1.29 is 8.42 Å². The molecule has 2 N–H and O–H groups in total. The number of sulfonamides is 1. The zero-order chi connectivity index (χ0) is 17.9. The maximum atomic E-state index is 11.5. The molecule has 25 heavy (non-hydrogen) atoms. The molecule has 1 heterocycles. The van der Waals surface area contributed by atoms with Gasteiger partial charge in [0.05, 0.1) is 16.0 Å². The Morgan fingerprint density at radius 2 is 1.96 bits per heavy atom. The van der Waals surface area contributed by atoms with Gasteiger partial charge in [0.2, 0.25) is 10.0 Å². The summed E-state index contributed by atoms with van der Waals surface area (Å²) < 4.78 is 27.0. The van der Waals surface area contributed by atoms with Crippen LogP contribution in [0.1, 0.15) is 45.1 Å². The molecule has 0 spiro atoms. The predicted octanol–water partition coefficient (Wildman–Crippen LogP) is 3.77. The molecule has 0 saturated heterocycles. The normalized spacial score (nSPS) is 21.5. The highest BCUT2D eigenvalue weighted by atomic mass is 32.2. The van der Waals surface area contributed by atoms with Crippen LogP contribution in [0.3, 0.4) is 0 Å². The Labute approximate surface area is 154 Å². The van der Waals surface area contributed by atoms with Crippen molar-refractivity contribution in [3.8, 4) is 0 Å². The van der Waals surface area contributed by atoms with Crippen LogP contribution in [0.4, 0.5) is 5.13 Å². The van der Waals surface area contributed by atoms with Crippen LogP contribution in [-0.2, 0) is 16.4 Å². The first-order valence-corrected chi connectivity index (χ1v) is 11.6. The molecule has 0 unspecified atom stereocenters. The molecule has 0 radical (unpaired) electrons. The summed E-state index contributed by atoms with van der Waals surface area (Å²) in [4.78, 5) is 4.70. The molecule has 0 amide bonds. The number of aromatic nitrogens is 1. The van der Waals surface area contributed by atoms with E-state index in [0.29, 0.717) is 18.5 Å². The smallest absolute Gasteiger partial charge is 0.211 e. The van der Waals surface area contributed by atoms with Gasteiger partial charge in [0.15, 0.2) is 5.13 Å². The fraction of sp³-hybridized carbons (Fsp3) is 0.611. The first kappa shape index (κ1) is 18.6. The quantitative estimate of drug-likeness (QED) is 0.766. The van der Waals surface area contributed by atoms with Gasteiger partial charge in [0.25, 0.3) is 0 Å². The Morgan fingerprint density at radius 3 is 2.64 bits per heavy atom. The third-order valence-corrected chi connectivity index (χ3v) is 7.32. The molecule has 1 aliphatic carbocycles. The minimum absolute atomic E-state index is 0.154. The van der Waals surface area contributed by atoms with Crippen molar-refractivity contribution in [3.63, 3.8) is 0 Å². The molecule has 2 aromatic rings. The summed E-state index contributed by atoms with van der Waals surface area (Å²) in [6.45, 7) is 4.41. The molecule has 1 aromatic carbocycles. The van der Waals surface area contributed by atoms with Gasteiger partial charge in [0.1, 0.15) is 0 Å². The zero-order valence-electron chi connectivity index (χ0n) is 14.9. The number of aryl methyl sites for hydroxylation is 1. The van der Waals surface area contributed by atoms with Crippen LogP contribution in [0.25, 0.3) is 10.2 Å². The number of rotatable bonds is 7. The molecule has 7 heteroatoms. The molecule has 1 aromatic heterocycles. The molecule has 3 rings (SSSR count). The van der Waals surface area contributed by atoms with E-state index in [2.05, 4.69) is 35.2 Å². The second-order valence-electron chi connectivity index (χ2n) is 6.79. The Hall–Kier alpha value is -1.18. The van der Waals surface area contributed by atoms with Gasteiger partial charge in [-0.3, -0.25) is 0 Å². The van der Waals surface area contributed by atoms with E-state index in [9.17, 15) is 8.42 Å². The van der Waals surface area contributed by atoms with E-state index in [4.69, 9.17) is 4.98 Å². The standard InChI is InChI=1S/C18H27N3O2S2/c1-3-13-7-10-16-17(11-13)24-18(21-16)20-15-8-5-14(6-9-15)12-19-25(22,23)4-2/h7,10-11,14-15,19H,3-6,8-9,12H2,1-2H3,(H,20,21). The summed E-state index contributed by atoms with van der Waals surface area (Å²) in [5.74, 6) is 0.600. The van der Waals surface area contributed by atoms with Crippen molar-refractivity contribution >= 4 is 36.7 Å². The van der Waals surface area contributed by atoms with Crippen LogP contribution in [0, 0.1) is 5.92 Å². The van der Waals surface area contributed by atoms with E-state index in [1.165, 1.54) is 10.3 Å². The van der Waals surface area contributed by atoms with Crippen LogP contribution >= 0.6 is 11.3 Å². The molecule has 0 atom stereocenters. The summed E-state index contributed by atoms with van der Waals surface area (Å²) in [5.41, 5.74) is 2.41. The van der Waals surface area contributed by atoms with Crippen LogP contribution in [-0.4, -0.2) is 31.7 Å². The summed E-state index contributed by atoms with van der Waals surface area (Å²) in [7, 11) is -3.08. The lowest BCUT2D eigenvalue weighted by atomic mass is 9.86. The monoisotopic (exact) mass is 381 g/mol. The predicted molar refractivity (Wildman–Crippen MR) is 106 cm³/mol. The van der Waals surface area contributed by atoms with Gasteiger partial charge in [-0.2, -0.15) is 0 Å². The van der Waals surface area contributed by atoms with E-state index in [0.717, 1.165) is 42.8 Å². The molecular weight excluding hydrogens is 354 g/mol. The average Bonchev–Trinajstić information content (AvgIpc) is 3.02. The van der Waals surface area contributed by atoms with Crippen LogP contribution in [0.2, 0.25) is 0 Å². The second kappa shape index (κ2) is 8.01. The fourth-order valence-corrected chi connectivity index (χ4v) is 4.98. The Kier molecular flexibility index (Phi) is 5.96. The molecule has 138 valence electrons. The topological polar surface area (TPSA) is 71.1 Å². The van der Waals surface area contributed by atoms with Gasteiger partial charge in [-0.15, -0.1) is 0 Å². The number of hydrogen-bond donors (Lipinski definition) is 2. The lowest BCUT2D eigenvalue weighted by molar-refractivity contribution is 0.337. The Morgan fingerprint density at radius 1 is 1.20 bits per heavy atom. The fourth-order valence-electron chi connectivity index (χ4n) is 3.28. The minimum atomic E-state index is -3.08. The lowest BCUT2D eigenvalue weighted by Gasteiger charge is -2.29. The van der Waals surface area contributed by atoms with Crippen molar-refractivity contribution in [3.05, 3.63) is 23.8 Å². The van der Waals surface area contributed by atoms with E-state index < -0.39 is 10.0 Å². The third kappa shape index (κ3) is 4.92. The number of anilines is 1. The van der Waals surface area contributed by atoms with E-state index in [-0.39, 0.29) is 5.75 Å². The van der Waals surface area contributed by atoms with Gasteiger partial charge >= 0.3 is 0 Å². The van der Waals surface area contributed by atoms with Gasteiger partial charge in [-0.1, -0.05) is 24.3 Å². The maximum Gasteiger partial charge on any atom is 0.211 e. The SMILES string of the molecule is CCc1ccc2nc(NC3CCC(CNS(=O)(=O)CC)CC3)sc2c1. The Balaban J connectivity index is 1.52. The zero-order valence-corrected chi connectivity index (χ0v) is 16.5. The molecule has 0 bridgehead atoms. The van der Waals surface area contributed by atoms with E-state index in [1.54, 1.807) is 18.3 Å². The largest absolute Gasteiger partial charge is 0.359 e. The van der Waals surface area contributed by atoms with Crippen molar-refractivity contribution in [2.24, 2.45) is 5.92 Å². The van der Waals surface area contributed by atoms with Crippen LogP contribution in [0.5, 0.6) is 0 Å². The highest BCUT2D eigenvalue weighted by molar-refractivity contribution is 7.89. The van der Waals surface area contributed by atoms with Gasteiger partial charge < -0.3 is 5.32 Å². The Bertz CT molecular complexity index is 809. The maximum absolute atomic E-state index is 11.5. The number of benzene rings is 1. The first-order valence-electron chi connectivity index (χ1n) is 9.12. The van der Waals surface area contributed by atoms with Crippen LogP contribution in [0.15, 0.2) is 18.2 Å². The van der Waals surface area contributed by atoms with Crippen molar-refractivity contribution in [1.29, 1.82) is 0 Å². The minimum Gasteiger partial charge on any atom is -0.359 e. The number of hydrogen-bond acceptors (Lipinski definition) is 5. The highest BCUT2D eigenvalue weighted by Crippen LogP contribution is 2.31. The summed E-state index contributed by atoms with van der Waals surface area (Å²) in [6.07, 6.45) is 5.27. The van der Waals surface area contributed by atoms with Gasteiger partial charge in [0, 0.05) is 12.6 Å².